The fraction of sp³-hybridized carbons (Fsp3) is 0.360. The molecule has 1 atom stereocenters. The highest BCUT2D eigenvalue weighted by Crippen LogP contribution is 2.49. The molecule has 2 aromatic carbocycles. The van der Waals surface area contributed by atoms with E-state index in [1.807, 2.05) is 0 Å². The summed E-state index contributed by atoms with van der Waals surface area (Å²) in [6.07, 6.45) is -10.6. The Kier molecular flexibility index (Phi) is 9.09. The molecule has 1 heterocycles. The van der Waals surface area contributed by atoms with Crippen LogP contribution in [0.4, 0.5) is 26.3 Å². The maximum absolute atomic E-state index is 14.3. The molecule has 0 radical (unpaired) electrons. The highest BCUT2D eigenvalue weighted by atomic mass is 35.5. The second kappa shape index (κ2) is 11.7. The van der Waals surface area contributed by atoms with Crippen molar-refractivity contribution in [2.45, 2.75) is 44.6 Å². The second-order valence-corrected chi connectivity index (χ2v) is 9.72. The van der Waals surface area contributed by atoms with E-state index in [-0.39, 0.29) is 44.4 Å². The summed E-state index contributed by atoms with van der Waals surface area (Å²) in [5, 5.41) is 5.16. The highest BCUT2D eigenvalue weighted by Gasteiger charge is 2.62. The molecule has 0 aliphatic carbocycles. The van der Waals surface area contributed by atoms with Crippen LogP contribution in [0.15, 0.2) is 41.6 Å². The maximum Gasteiger partial charge on any atom is 0.435 e. The molecule has 0 bridgehead atoms. The van der Waals surface area contributed by atoms with Gasteiger partial charge in [-0.1, -0.05) is 41.3 Å². The van der Waals surface area contributed by atoms with Crippen LogP contribution in [0.1, 0.15) is 46.8 Å². The van der Waals surface area contributed by atoms with Crippen molar-refractivity contribution >= 4 is 46.6 Å². The van der Waals surface area contributed by atoms with Crippen molar-refractivity contribution in [2.24, 2.45) is 5.16 Å². The number of hydrogen-bond acceptors (Lipinski definition) is 5. The maximum atomic E-state index is 14.3. The van der Waals surface area contributed by atoms with Gasteiger partial charge in [0.2, 0.25) is 11.8 Å². The van der Waals surface area contributed by atoms with Gasteiger partial charge in [0, 0.05) is 34.0 Å². The Morgan fingerprint density at radius 1 is 1.05 bits per heavy atom. The van der Waals surface area contributed by atoms with E-state index in [9.17, 15) is 40.7 Å². The number of hydrogen-bond donors (Lipinski definition) is 1. The van der Waals surface area contributed by atoms with Gasteiger partial charge in [0.1, 0.15) is 13.1 Å². The Morgan fingerprint density at radius 3 is 2.20 bits per heavy atom. The molecule has 2 aromatic rings. The average molecular weight is 612 g/mol. The third-order valence-electron chi connectivity index (χ3n) is 5.94. The van der Waals surface area contributed by atoms with E-state index in [4.69, 9.17) is 28.0 Å². The largest absolute Gasteiger partial charge is 0.435 e. The summed E-state index contributed by atoms with van der Waals surface area (Å²) in [5.41, 5.74) is -3.08. The van der Waals surface area contributed by atoms with Gasteiger partial charge in [-0.05, 0) is 48.4 Å². The lowest BCUT2D eigenvalue weighted by Gasteiger charge is -2.29. The molecule has 1 N–H and O–H groups in total. The number of aryl methyl sites for hydroxylation is 1. The Labute approximate surface area is 234 Å². The van der Waals surface area contributed by atoms with Crippen molar-refractivity contribution in [1.82, 2.24) is 10.2 Å². The number of imide groups is 1. The van der Waals surface area contributed by atoms with Crippen LogP contribution < -0.4 is 5.32 Å². The van der Waals surface area contributed by atoms with Gasteiger partial charge < -0.3 is 10.2 Å². The highest BCUT2D eigenvalue weighted by molar-refractivity contribution is 6.34. The molecule has 40 heavy (non-hydrogen) atoms. The third kappa shape index (κ3) is 6.87. The lowest BCUT2D eigenvalue weighted by molar-refractivity contribution is -0.275. The lowest BCUT2D eigenvalue weighted by atomic mass is 9.86. The van der Waals surface area contributed by atoms with Crippen molar-refractivity contribution in [3.05, 3.63) is 68.7 Å². The normalized spacial score (nSPS) is 17.2. The first-order chi connectivity index (χ1) is 18.5. The molecule has 0 aromatic heterocycles. The van der Waals surface area contributed by atoms with Gasteiger partial charge in [-0.3, -0.25) is 19.3 Å². The molecule has 0 fully saturated rings. The first-order valence-electron chi connectivity index (χ1n) is 11.5. The van der Waals surface area contributed by atoms with Gasteiger partial charge in [0.05, 0.1) is 5.71 Å². The molecular formula is C25H21Cl2F6N3O4. The Morgan fingerprint density at radius 2 is 1.68 bits per heavy atom. The standard InChI is InChI=1S/C25H21Cl2F6N3O4/c1-3-21(38)36(11-20(37)34-12-24(28,29)30)22(39)18-5-4-14(6-13(18)2)19-10-23(40-35-19,25(31,32)33)15-7-16(26)9-17(27)8-15/h4-9H,3,10-12H2,1-2H3,(H,34,37). The molecule has 1 aliphatic heterocycles. The zero-order valence-corrected chi connectivity index (χ0v) is 22.4. The number of nitrogens with zero attached hydrogens (tertiary/aromatic N) is 2. The van der Waals surface area contributed by atoms with E-state index in [0.29, 0.717) is 4.90 Å². The molecule has 7 nitrogen and oxygen atoms in total. The monoisotopic (exact) mass is 611 g/mol. The third-order valence-corrected chi connectivity index (χ3v) is 6.38. The zero-order valence-electron chi connectivity index (χ0n) is 20.8. The van der Waals surface area contributed by atoms with E-state index < -0.39 is 55.2 Å². The number of oxime groups is 1. The van der Waals surface area contributed by atoms with E-state index in [0.717, 1.165) is 12.1 Å². The summed E-state index contributed by atoms with van der Waals surface area (Å²) in [7, 11) is 0. The van der Waals surface area contributed by atoms with Crippen LogP contribution in [0, 0.1) is 6.92 Å². The van der Waals surface area contributed by atoms with Gasteiger partial charge >= 0.3 is 12.4 Å². The number of amides is 3. The second-order valence-electron chi connectivity index (χ2n) is 8.85. The molecule has 216 valence electrons. The van der Waals surface area contributed by atoms with Crippen LogP contribution in [-0.2, 0) is 20.0 Å². The van der Waals surface area contributed by atoms with Crippen molar-refractivity contribution in [3.63, 3.8) is 0 Å². The fourth-order valence-electron chi connectivity index (χ4n) is 3.94. The SMILES string of the molecule is CCC(=O)N(CC(=O)NCC(F)(F)F)C(=O)c1ccc(C2=NOC(c3cc(Cl)cc(Cl)c3)(C(F)(F)F)C2)cc1C. The van der Waals surface area contributed by atoms with E-state index in [2.05, 4.69) is 5.16 Å². The Balaban J connectivity index is 1.87. The topological polar surface area (TPSA) is 88.1 Å². The lowest BCUT2D eigenvalue weighted by Crippen LogP contribution is -2.46. The molecule has 0 saturated heterocycles. The van der Waals surface area contributed by atoms with Crippen LogP contribution in [0.25, 0.3) is 0 Å². The molecule has 15 heteroatoms. The molecule has 1 aliphatic rings. The number of rotatable bonds is 7. The van der Waals surface area contributed by atoms with Crippen LogP contribution in [-0.4, -0.2) is 53.8 Å². The molecule has 3 rings (SSSR count). The predicted molar refractivity (Wildman–Crippen MR) is 133 cm³/mol. The molecule has 1 unspecified atom stereocenters. The quantitative estimate of drug-likeness (QED) is 0.392. The average Bonchev–Trinajstić information content (AvgIpc) is 3.31. The summed E-state index contributed by atoms with van der Waals surface area (Å²) in [6.45, 7) is 0.218. The molecule has 0 spiro atoms. The first-order valence-corrected chi connectivity index (χ1v) is 12.3. The number of carbonyl (C=O) groups is 3. The Bertz CT molecular complexity index is 1340. The number of carbonyl (C=O) groups excluding carboxylic acids is 3. The van der Waals surface area contributed by atoms with Gasteiger partial charge in [0.15, 0.2) is 0 Å². The first kappa shape index (κ1) is 31.2. The number of benzene rings is 2. The zero-order chi connectivity index (χ0) is 30.0. The summed E-state index contributed by atoms with van der Waals surface area (Å²) in [5.74, 6) is -3.00. The molecular weight excluding hydrogens is 591 g/mol. The smallest absolute Gasteiger partial charge is 0.374 e. The van der Waals surface area contributed by atoms with E-state index in [1.54, 1.807) is 5.32 Å². The van der Waals surface area contributed by atoms with Gasteiger partial charge in [-0.2, -0.15) is 26.3 Å². The predicted octanol–water partition coefficient (Wildman–Crippen LogP) is 5.94. The minimum Gasteiger partial charge on any atom is -0.374 e. The van der Waals surface area contributed by atoms with Gasteiger partial charge in [-0.15, -0.1) is 0 Å². The van der Waals surface area contributed by atoms with Crippen molar-refractivity contribution < 1.29 is 45.6 Å². The summed E-state index contributed by atoms with van der Waals surface area (Å²) in [6, 6.07) is 7.22. The van der Waals surface area contributed by atoms with Crippen molar-refractivity contribution in [3.8, 4) is 0 Å². The van der Waals surface area contributed by atoms with E-state index >= 15 is 0 Å². The van der Waals surface area contributed by atoms with Crippen molar-refractivity contribution in [2.75, 3.05) is 13.1 Å². The van der Waals surface area contributed by atoms with Crippen molar-refractivity contribution in [1.29, 1.82) is 0 Å². The summed E-state index contributed by atoms with van der Waals surface area (Å²) in [4.78, 5) is 42.9. The van der Waals surface area contributed by atoms with Crippen LogP contribution in [0.2, 0.25) is 10.0 Å². The van der Waals surface area contributed by atoms with Gasteiger partial charge in [0.25, 0.3) is 11.5 Å². The van der Waals surface area contributed by atoms with Crippen LogP contribution in [0.5, 0.6) is 0 Å². The number of alkyl halides is 6. The minimum atomic E-state index is -4.93. The van der Waals surface area contributed by atoms with Crippen LogP contribution in [0.3, 0.4) is 0 Å². The minimum absolute atomic E-state index is 0.0415. The fourth-order valence-corrected chi connectivity index (χ4v) is 4.46. The molecule has 0 saturated carbocycles. The van der Waals surface area contributed by atoms with Crippen LogP contribution >= 0.6 is 23.2 Å². The number of nitrogens with one attached hydrogen (secondary N) is 1. The number of halogens is 8. The Hall–Kier alpha value is -3.32. The van der Waals surface area contributed by atoms with E-state index in [1.165, 1.54) is 38.1 Å². The molecule has 3 amide bonds. The van der Waals surface area contributed by atoms with Gasteiger partial charge in [-0.25, -0.2) is 0 Å². The summed E-state index contributed by atoms with van der Waals surface area (Å²) >= 11 is 11.8. The summed E-state index contributed by atoms with van der Waals surface area (Å²) < 4.78 is 80.0.